The lowest BCUT2D eigenvalue weighted by Gasteiger charge is -2.11. The van der Waals surface area contributed by atoms with E-state index in [1.54, 1.807) is 42.5 Å². The van der Waals surface area contributed by atoms with Crippen LogP contribution in [0.4, 0.5) is 11.4 Å². The first kappa shape index (κ1) is 19.2. The lowest BCUT2D eigenvalue weighted by Crippen LogP contribution is -2.24. The van der Waals surface area contributed by atoms with Gasteiger partial charge in [-0.2, -0.15) is 0 Å². The molecule has 0 atom stereocenters. The molecule has 136 valence electrons. The predicted molar refractivity (Wildman–Crippen MR) is 103 cm³/mol. The Kier molecular flexibility index (Phi) is 6.49. The number of hydrogen-bond acceptors (Lipinski definition) is 3. The molecule has 0 aliphatic carbocycles. The first-order valence-electron chi connectivity index (χ1n) is 8.48. The monoisotopic (exact) mass is 353 g/mol. The molecule has 0 spiro atoms. The van der Waals surface area contributed by atoms with Gasteiger partial charge in [0, 0.05) is 36.0 Å². The van der Waals surface area contributed by atoms with Crippen molar-refractivity contribution >= 4 is 29.1 Å². The van der Waals surface area contributed by atoms with Crippen LogP contribution in [0.15, 0.2) is 42.5 Å². The fourth-order valence-corrected chi connectivity index (χ4v) is 2.37. The summed E-state index contributed by atoms with van der Waals surface area (Å²) in [4.78, 5) is 35.8. The van der Waals surface area contributed by atoms with Gasteiger partial charge in [-0.3, -0.25) is 14.4 Å². The maximum Gasteiger partial charge on any atom is 0.255 e. The largest absolute Gasteiger partial charge is 0.352 e. The van der Waals surface area contributed by atoms with E-state index in [2.05, 4.69) is 16.0 Å². The highest BCUT2D eigenvalue weighted by atomic mass is 16.2. The minimum absolute atomic E-state index is 0.175. The zero-order chi connectivity index (χ0) is 19.1. The molecule has 2 aromatic carbocycles. The van der Waals surface area contributed by atoms with Crippen LogP contribution >= 0.6 is 0 Å². The molecule has 0 fully saturated rings. The molecule has 0 saturated carbocycles. The number of aryl methyl sites for hydroxylation is 1. The minimum Gasteiger partial charge on any atom is -0.352 e. The molecule has 0 aromatic heterocycles. The van der Waals surface area contributed by atoms with Crippen molar-refractivity contribution in [1.29, 1.82) is 0 Å². The molecule has 0 saturated heterocycles. The molecule has 0 unspecified atom stereocenters. The van der Waals surface area contributed by atoms with Gasteiger partial charge in [0.15, 0.2) is 0 Å². The second kappa shape index (κ2) is 8.80. The van der Waals surface area contributed by atoms with Crippen molar-refractivity contribution in [1.82, 2.24) is 5.32 Å². The number of amides is 3. The second-order valence-electron chi connectivity index (χ2n) is 6.00. The Hall–Kier alpha value is -3.15. The van der Waals surface area contributed by atoms with Gasteiger partial charge in [0.05, 0.1) is 0 Å². The van der Waals surface area contributed by atoms with E-state index in [1.807, 2.05) is 13.8 Å². The smallest absolute Gasteiger partial charge is 0.255 e. The van der Waals surface area contributed by atoms with Crippen LogP contribution in [0.1, 0.15) is 46.5 Å². The van der Waals surface area contributed by atoms with Crippen molar-refractivity contribution < 1.29 is 14.4 Å². The van der Waals surface area contributed by atoms with E-state index in [1.165, 1.54) is 6.92 Å². The standard InChI is InChI=1S/C20H23N3O3/c1-4-10-21-19(25)15-6-5-7-17(11-15)23-20(26)16-9-8-13(2)18(12-16)22-14(3)24/h5-9,11-12H,4,10H2,1-3H3,(H,21,25)(H,22,24)(H,23,26). The van der Waals surface area contributed by atoms with Crippen molar-refractivity contribution in [3.05, 3.63) is 59.2 Å². The summed E-state index contributed by atoms with van der Waals surface area (Å²) in [6.45, 7) is 5.85. The summed E-state index contributed by atoms with van der Waals surface area (Å²) >= 11 is 0. The molecular formula is C20H23N3O3. The predicted octanol–water partition coefficient (Wildman–Crippen LogP) is 3.35. The van der Waals surface area contributed by atoms with Gasteiger partial charge in [0.2, 0.25) is 5.91 Å². The first-order chi connectivity index (χ1) is 12.4. The SMILES string of the molecule is CCCNC(=O)c1cccc(NC(=O)c2ccc(C)c(NC(C)=O)c2)c1. The van der Waals surface area contributed by atoms with Crippen LogP contribution in [-0.4, -0.2) is 24.3 Å². The van der Waals surface area contributed by atoms with Crippen LogP contribution in [0.25, 0.3) is 0 Å². The third-order valence-electron chi connectivity index (χ3n) is 3.73. The van der Waals surface area contributed by atoms with E-state index in [4.69, 9.17) is 0 Å². The topological polar surface area (TPSA) is 87.3 Å². The number of benzene rings is 2. The highest BCUT2D eigenvalue weighted by molar-refractivity contribution is 6.06. The Labute approximate surface area is 153 Å². The Morgan fingerprint density at radius 3 is 2.35 bits per heavy atom. The maximum atomic E-state index is 12.5. The van der Waals surface area contributed by atoms with Crippen LogP contribution < -0.4 is 16.0 Å². The number of rotatable bonds is 6. The second-order valence-corrected chi connectivity index (χ2v) is 6.00. The van der Waals surface area contributed by atoms with E-state index >= 15 is 0 Å². The molecule has 2 rings (SSSR count). The van der Waals surface area contributed by atoms with Crippen LogP contribution in [0.5, 0.6) is 0 Å². The number of hydrogen-bond donors (Lipinski definition) is 3. The van der Waals surface area contributed by atoms with E-state index < -0.39 is 0 Å². The summed E-state index contributed by atoms with van der Waals surface area (Å²) in [5.41, 5.74) is 2.89. The summed E-state index contributed by atoms with van der Waals surface area (Å²) in [6.07, 6.45) is 0.853. The average molecular weight is 353 g/mol. The number of carbonyl (C=O) groups excluding carboxylic acids is 3. The van der Waals surface area contributed by atoms with Crippen molar-refractivity contribution in [3.8, 4) is 0 Å². The zero-order valence-corrected chi connectivity index (χ0v) is 15.2. The molecule has 0 bridgehead atoms. The van der Waals surface area contributed by atoms with Gasteiger partial charge in [-0.15, -0.1) is 0 Å². The van der Waals surface area contributed by atoms with Gasteiger partial charge in [0.25, 0.3) is 11.8 Å². The summed E-state index contributed by atoms with van der Waals surface area (Å²) in [6, 6.07) is 11.9. The van der Waals surface area contributed by atoms with Crippen molar-refractivity contribution in [2.24, 2.45) is 0 Å². The number of anilines is 2. The molecule has 6 heteroatoms. The lowest BCUT2D eigenvalue weighted by atomic mass is 10.1. The molecule has 26 heavy (non-hydrogen) atoms. The van der Waals surface area contributed by atoms with Crippen molar-refractivity contribution in [2.45, 2.75) is 27.2 Å². The Morgan fingerprint density at radius 1 is 0.923 bits per heavy atom. The van der Waals surface area contributed by atoms with Crippen LogP contribution in [0.2, 0.25) is 0 Å². The average Bonchev–Trinajstić information content (AvgIpc) is 2.61. The molecule has 2 aromatic rings. The molecule has 3 N–H and O–H groups in total. The highest BCUT2D eigenvalue weighted by Gasteiger charge is 2.11. The zero-order valence-electron chi connectivity index (χ0n) is 15.2. The first-order valence-corrected chi connectivity index (χ1v) is 8.48. The van der Waals surface area contributed by atoms with Gasteiger partial charge >= 0.3 is 0 Å². The van der Waals surface area contributed by atoms with Gasteiger partial charge in [0.1, 0.15) is 0 Å². The summed E-state index contributed by atoms with van der Waals surface area (Å²) in [7, 11) is 0. The highest BCUT2D eigenvalue weighted by Crippen LogP contribution is 2.19. The molecule has 3 amide bonds. The molecular weight excluding hydrogens is 330 g/mol. The third-order valence-corrected chi connectivity index (χ3v) is 3.73. The summed E-state index contributed by atoms with van der Waals surface area (Å²) < 4.78 is 0. The third kappa shape index (κ3) is 5.17. The van der Waals surface area contributed by atoms with Crippen molar-refractivity contribution in [2.75, 3.05) is 17.2 Å². The van der Waals surface area contributed by atoms with E-state index in [-0.39, 0.29) is 17.7 Å². The molecule has 6 nitrogen and oxygen atoms in total. The Balaban J connectivity index is 2.15. The fraction of sp³-hybridized carbons (Fsp3) is 0.250. The quantitative estimate of drug-likeness (QED) is 0.744. The molecule has 0 aliphatic rings. The van der Waals surface area contributed by atoms with E-state index in [9.17, 15) is 14.4 Å². The van der Waals surface area contributed by atoms with Crippen LogP contribution in [0, 0.1) is 6.92 Å². The molecule has 0 heterocycles. The number of nitrogens with one attached hydrogen (secondary N) is 3. The molecule has 0 radical (unpaired) electrons. The van der Waals surface area contributed by atoms with Gasteiger partial charge in [-0.25, -0.2) is 0 Å². The van der Waals surface area contributed by atoms with Crippen LogP contribution in [0.3, 0.4) is 0 Å². The van der Waals surface area contributed by atoms with Crippen molar-refractivity contribution in [3.63, 3.8) is 0 Å². The van der Waals surface area contributed by atoms with E-state index in [0.29, 0.717) is 29.0 Å². The van der Waals surface area contributed by atoms with Gasteiger partial charge in [-0.1, -0.05) is 19.1 Å². The van der Waals surface area contributed by atoms with Crippen LogP contribution in [-0.2, 0) is 4.79 Å². The number of carbonyl (C=O) groups is 3. The lowest BCUT2D eigenvalue weighted by molar-refractivity contribution is -0.114. The summed E-state index contributed by atoms with van der Waals surface area (Å²) in [5.74, 6) is -0.689. The molecule has 0 aliphatic heterocycles. The van der Waals surface area contributed by atoms with E-state index in [0.717, 1.165) is 12.0 Å². The fourth-order valence-electron chi connectivity index (χ4n) is 2.37. The maximum absolute atomic E-state index is 12.5. The minimum atomic E-state index is -0.317. The van der Waals surface area contributed by atoms with Gasteiger partial charge < -0.3 is 16.0 Å². The Morgan fingerprint density at radius 2 is 1.65 bits per heavy atom. The summed E-state index contributed by atoms with van der Waals surface area (Å²) in [5, 5.41) is 8.28. The Bertz CT molecular complexity index is 831. The normalized spacial score (nSPS) is 10.1. The van der Waals surface area contributed by atoms with Gasteiger partial charge in [-0.05, 0) is 49.2 Å².